The van der Waals surface area contributed by atoms with Crippen LogP contribution in [0.3, 0.4) is 0 Å². The van der Waals surface area contributed by atoms with Crippen molar-refractivity contribution in [3.05, 3.63) is 24.3 Å². The number of ether oxygens (including phenoxy) is 2. The Morgan fingerprint density at radius 3 is 2.18 bits per heavy atom. The Kier molecular flexibility index (Phi) is 6.90. The topological polar surface area (TPSA) is 66.4 Å². The molecule has 3 rings (SSSR count). The van der Waals surface area contributed by atoms with Crippen molar-refractivity contribution in [2.45, 2.75) is 77.8 Å². The summed E-state index contributed by atoms with van der Waals surface area (Å²) in [5, 5.41) is 12.4. The second kappa shape index (κ2) is 8.80. The number of hydrogen-bond donors (Lipinski definition) is 1. The molecule has 1 aliphatic heterocycles. The fourth-order valence-corrected chi connectivity index (χ4v) is 4.59. The average Bonchev–Trinajstić information content (AvgIpc) is 2.92. The summed E-state index contributed by atoms with van der Waals surface area (Å²) in [6, 6.07) is 7.28. The van der Waals surface area contributed by atoms with Crippen LogP contribution in [0.25, 0.3) is 10.8 Å². The third-order valence-electron chi connectivity index (χ3n) is 7.41. The number of hydrogen-bond acceptors (Lipinski definition) is 6. The van der Waals surface area contributed by atoms with Crippen molar-refractivity contribution < 1.29 is 28.3 Å². The Balaban J connectivity index is 1.99. The first kappa shape index (κ1) is 25.9. The maximum Gasteiger partial charge on any atom is 0.498 e. The molecule has 2 aromatic rings. The van der Waals surface area contributed by atoms with Crippen LogP contribution < -0.4 is 14.9 Å². The van der Waals surface area contributed by atoms with E-state index < -0.39 is 26.6 Å². The third kappa shape index (κ3) is 4.90. The molecule has 2 aromatic carbocycles. The van der Waals surface area contributed by atoms with Crippen LogP contribution in [-0.2, 0) is 13.7 Å². The first-order valence-electron chi connectivity index (χ1n) is 11.6. The van der Waals surface area contributed by atoms with Crippen molar-refractivity contribution in [2.75, 3.05) is 20.3 Å². The molecule has 1 saturated heterocycles. The van der Waals surface area contributed by atoms with E-state index >= 15 is 0 Å². The first-order valence-corrected chi connectivity index (χ1v) is 14.5. The molecular formula is C25H39BO6Si. The minimum atomic E-state index is -1.89. The Hall–Kier alpha value is -1.74. The summed E-state index contributed by atoms with van der Waals surface area (Å²) in [5.74, 6) is 1.28. The van der Waals surface area contributed by atoms with Gasteiger partial charge in [-0.25, -0.2) is 0 Å². The van der Waals surface area contributed by atoms with Gasteiger partial charge < -0.3 is 28.3 Å². The van der Waals surface area contributed by atoms with Crippen LogP contribution in [0.2, 0.25) is 18.1 Å². The second-order valence-corrected chi connectivity index (χ2v) is 16.1. The van der Waals surface area contributed by atoms with Gasteiger partial charge in [0.15, 0.2) is 8.32 Å². The van der Waals surface area contributed by atoms with Gasteiger partial charge in [0.2, 0.25) is 0 Å². The number of fused-ring (bicyclic) bond motifs is 1. The summed E-state index contributed by atoms with van der Waals surface area (Å²) in [4.78, 5) is 0. The van der Waals surface area contributed by atoms with Gasteiger partial charge in [0.1, 0.15) is 23.9 Å². The van der Waals surface area contributed by atoms with Gasteiger partial charge in [-0.2, -0.15) is 0 Å². The van der Waals surface area contributed by atoms with Crippen LogP contribution >= 0.6 is 0 Å². The smallest absolute Gasteiger partial charge is 0.498 e. The Labute approximate surface area is 199 Å². The molecule has 0 saturated carbocycles. The lowest BCUT2D eigenvalue weighted by Crippen LogP contribution is -2.42. The van der Waals surface area contributed by atoms with Crippen LogP contribution in [0.15, 0.2) is 24.3 Å². The van der Waals surface area contributed by atoms with Crippen molar-refractivity contribution in [1.29, 1.82) is 0 Å². The van der Waals surface area contributed by atoms with Gasteiger partial charge in [-0.1, -0.05) is 32.9 Å². The van der Waals surface area contributed by atoms with Crippen molar-refractivity contribution in [2.24, 2.45) is 0 Å². The molecule has 8 heteroatoms. The molecule has 6 nitrogen and oxygen atoms in total. The zero-order chi connectivity index (χ0) is 24.8. The summed E-state index contributed by atoms with van der Waals surface area (Å²) in [7, 11) is -0.973. The molecule has 0 unspecified atom stereocenters. The van der Waals surface area contributed by atoms with Crippen molar-refractivity contribution in [3.8, 4) is 17.2 Å². The Morgan fingerprint density at radius 1 is 1.03 bits per heavy atom. The zero-order valence-electron chi connectivity index (χ0n) is 21.8. The summed E-state index contributed by atoms with van der Waals surface area (Å²) >= 11 is 0. The van der Waals surface area contributed by atoms with Crippen LogP contribution in [-0.4, -0.2) is 52.1 Å². The van der Waals surface area contributed by atoms with Gasteiger partial charge in [-0.3, -0.25) is 0 Å². The molecule has 1 fully saturated rings. The van der Waals surface area contributed by atoms with E-state index in [9.17, 15) is 5.11 Å². The molecule has 0 aliphatic carbocycles. The number of methoxy groups -OCH3 is 1. The Bertz CT molecular complexity index is 996. The highest BCUT2D eigenvalue weighted by Gasteiger charge is 2.53. The van der Waals surface area contributed by atoms with Crippen LogP contribution in [0.1, 0.15) is 48.5 Å². The minimum Gasteiger partial charge on any atom is -0.507 e. The predicted molar refractivity (Wildman–Crippen MR) is 137 cm³/mol. The summed E-state index contributed by atoms with van der Waals surface area (Å²) in [6.45, 7) is 20.0. The van der Waals surface area contributed by atoms with E-state index in [-0.39, 0.29) is 10.8 Å². The van der Waals surface area contributed by atoms with Crippen LogP contribution in [0, 0.1) is 0 Å². The molecule has 0 amide bonds. The van der Waals surface area contributed by atoms with Gasteiger partial charge in [-0.15, -0.1) is 0 Å². The quantitative estimate of drug-likeness (QED) is 0.437. The van der Waals surface area contributed by atoms with E-state index in [2.05, 4.69) is 33.9 Å². The van der Waals surface area contributed by atoms with Gasteiger partial charge >= 0.3 is 7.12 Å². The van der Waals surface area contributed by atoms with Gasteiger partial charge in [0.25, 0.3) is 0 Å². The average molecular weight is 474 g/mol. The summed E-state index contributed by atoms with van der Waals surface area (Å²) in [6.07, 6.45) is 0. The molecule has 0 aromatic heterocycles. The van der Waals surface area contributed by atoms with E-state index in [1.54, 1.807) is 13.2 Å². The van der Waals surface area contributed by atoms with E-state index in [0.29, 0.717) is 35.6 Å². The lowest BCUT2D eigenvalue weighted by molar-refractivity contribution is 0.00578. The van der Waals surface area contributed by atoms with E-state index in [1.807, 2.05) is 45.9 Å². The molecule has 182 valence electrons. The van der Waals surface area contributed by atoms with Gasteiger partial charge in [0.05, 0.1) is 30.3 Å². The second-order valence-electron chi connectivity index (χ2n) is 11.2. The predicted octanol–water partition coefficient (Wildman–Crippen LogP) is 5.25. The summed E-state index contributed by atoms with van der Waals surface area (Å²) < 4.78 is 30.7. The zero-order valence-corrected chi connectivity index (χ0v) is 22.8. The van der Waals surface area contributed by atoms with Crippen molar-refractivity contribution in [3.63, 3.8) is 0 Å². The molecule has 0 atom stereocenters. The highest BCUT2D eigenvalue weighted by Crippen LogP contribution is 2.42. The fourth-order valence-electron chi connectivity index (χ4n) is 3.56. The van der Waals surface area contributed by atoms with Crippen LogP contribution in [0.4, 0.5) is 0 Å². The highest BCUT2D eigenvalue weighted by atomic mass is 28.4. The Morgan fingerprint density at radius 2 is 1.64 bits per heavy atom. The number of phenols is 1. The number of rotatable bonds is 7. The third-order valence-corrected chi connectivity index (χ3v) is 11.9. The van der Waals surface area contributed by atoms with Crippen LogP contribution in [0.5, 0.6) is 17.2 Å². The molecule has 0 bridgehead atoms. The first-order chi connectivity index (χ1) is 15.1. The standard InChI is InChI=1S/C25H39BO6Si/c1-23(2,3)33(9,10)30-15-14-29-22-17-12-11-13-20(28-8)21(17)19(27)16-18(22)26-31-24(4,5)25(6,7)32-26/h11-13,16,27H,14-15H2,1-10H3. The fraction of sp³-hybridized carbons (Fsp3) is 0.600. The number of benzene rings is 2. The molecule has 1 heterocycles. The van der Waals surface area contributed by atoms with Gasteiger partial charge in [-0.05, 0) is 58.0 Å². The number of phenolic OH excluding ortho intramolecular Hbond substituents is 1. The van der Waals surface area contributed by atoms with E-state index in [4.69, 9.17) is 23.2 Å². The molecule has 0 spiro atoms. The van der Waals surface area contributed by atoms with E-state index in [0.717, 1.165) is 5.39 Å². The largest absolute Gasteiger partial charge is 0.507 e. The normalized spacial score (nSPS) is 18.1. The lowest BCUT2D eigenvalue weighted by atomic mass is 9.77. The monoisotopic (exact) mass is 474 g/mol. The maximum atomic E-state index is 10.9. The number of aromatic hydroxyl groups is 1. The molecule has 1 N–H and O–H groups in total. The highest BCUT2D eigenvalue weighted by molar-refractivity contribution is 6.74. The van der Waals surface area contributed by atoms with Gasteiger partial charge in [0, 0.05) is 10.8 Å². The van der Waals surface area contributed by atoms with Crippen molar-refractivity contribution >= 4 is 31.7 Å². The molecular weight excluding hydrogens is 435 g/mol. The summed E-state index contributed by atoms with van der Waals surface area (Å²) in [5.41, 5.74) is -0.377. The SMILES string of the molecule is COc1cccc2c(OCCO[Si](C)(C)C(C)(C)C)c(B3OC(C)(C)C(C)(C)O3)cc(O)c12. The minimum absolute atomic E-state index is 0.0945. The van der Waals surface area contributed by atoms with E-state index in [1.165, 1.54) is 0 Å². The maximum absolute atomic E-state index is 10.9. The molecule has 33 heavy (non-hydrogen) atoms. The van der Waals surface area contributed by atoms with Crippen molar-refractivity contribution in [1.82, 2.24) is 0 Å². The molecule has 0 radical (unpaired) electrons. The molecule has 1 aliphatic rings. The lowest BCUT2D eigenvalue weighted by Gasteiger charge is -2.36.